The Morgan fingerprint density at radius 3 is 2.57 bits per heavy atom. The third kappa shape index (κ3) is 1.89. The van der Waals surface area contributed by atoms with Crippen molar-refractivity contribution >= 4 is 27.5 Å². The van der Waals surface area contributed by atoms with Gasteiger partial charge in [-0.15, -0.1) is 0 Å². The number of nitrogens with two attached hydrogens (primary N) is 1. The lowest BCUT2D eigenvalue weighted by molar-refractivity contribution is 1.30. The Morgan fingerprint density at radius 1 is 0.857 bits per heavy atom. The number of hydrogen-bond acceptors (Lipinski definition) is 2. The Labute approximate surface area is 120 Å². The lowest BCUT2D eigenvalue weighted by Crippen LogP contribution is -2.05. The van der Waals surface area contributed by atoms with E-state index in [0.29, 0.717) is 5.69 Å². The minimum atomic E-state index is -0.137. The molecule has 0 saturated carbocycles. The van der Waals surface area contributed by atoms with Gasteiger partial charge in [0.2, 0.25) is 5.56 Å². The molecule has 0 amide bonds. The van der Waals surface area contributed by atoms with Crippen LogP contribution in [0.2, 0.25) is 0 Å². The molecule has 0 saturated heterocycles. The number of H-pyrrole nitrogens is 2. The van der Waals surface area contributed by atoms with Crippen LogP contribution in [0, 0.1) is 0 Å². The van der Waals surface area contributed by atoms with Crippen LogP contribution in [0.1, 0.15) is 0 Å². The van der Waals surface area contributed by atoms with Crippen molar-refractivity contribution in [3.8, 4) is 11.3 Å². The van der Waals surface area contributed by atoms with Crippen molar-refractivity contribution in [3.63, 3.8) is 0 Å². The van der Waals surface area contributed by atoms with Crippen molar-refractivity contribution in [2.24, 2.45) is 0 Å². The van der Waals surface area contributed by atoms with E-state index >= 15 is 0 Å². The molecular weight excluding hydrogens is 262 g/mol. The molecule has 102 valence electrons. The van der Waals surface area contributed by atoms with Crippen molar-refractivity contribution < 1.29 is 0 Å². The van der Waals surface area contributed by atoms with E-state index in [2.05, 4.69) is 16.0 Å². The third-order valence-electron chi connectivity index (χ3n) is 3.69. The van der Waals surface area contributed by atoms with Gasteiger partial charge in [0, 0.05) is 39.3 Å². The van der Waals surface area contributed by atoms with Crippen molar-refractivity contribution in [3.05, 3.63) is 65.0 Å². The molecule has 0 atom stereocenters. The van der Waals surface area contributed by atoms with Crippen LogP contribution in [0.3, 0.4) is 0 Å². The van der Waals surface area contributed by atoms with Crippen molar-refractivity contribution in [1.82, 2.24) is 9.97 Å². The Kier molecular flexibility index (Phi) is 2.38. The fraction of sp³-hybridized carbons (Fsp3) is 0. The van der Waals surface area contributed by atoms with Crippen LogP contribution in [0.25, 0.3) is 33.1 Å². The van der Waals surface area contributed by atoms with E-state index in [9.17, 15) is 4.79 Å². The monoisotopic (exact) mass is 275 g/mol. The van der Waals surface area contributed by atoms with Gasteiger partial charge in [0.15, 0.2) is 0 Å². The summed E-state index contributed by atoms with van der Waals surface area (Å²) in [6.45, 7) is 0. The van der Waals surface area contributed by atoms with Gasteiger partial charge < -0.3 is 15.7 Å². The summed E-state index contributed by atoms with van der Waals surface area (Å²) in [5.74, 6) is 0. The van der Waals surface area contributed by atoms with E-state index in [0.717, 1.165) is 33.1 Å². The standard InChI is InChI=1S/C17H13N3O/c18-11-5-6-12-13(9-17(21)20-16(12)8-11)15-7-10-3-1-2-4-14(10)19-15/h1-9,19H,18H2,(H,20,21). The molecule has 2 aromatic heterocycles. The zero-order valence-corrected chi connectivity index (χ0v) is 11.2. The molecular formula is C17H13N3O. The van der Waals surface area contributed by atoms with Gasteiger partial charge in [-0.1, -0.05) is 24.3 Å². The Balaban J connectivity index is 2.07. The number of nitrogen functional groups attached to an aromatic ring is 1. The normalized spacial score (nSPS) is 11.2. The Hall–Kier alpha value is -3.01. The SMILES string of the molecule is Nc1ccc2c(-c3cc4ccccc4[nH]3)cc(=O)[nH]c2c1. The second-order valence-corrected chi connectivity index (χ2v) is 5.12. The number of rotatable bonds is 1. The minimum absolute atomic E-state index is 0.137. The first kappa shape index (κ1) is 11.8. The molecule has 4 rings (SSSR count). The summed E-state index contributed by atoms with van der Waals surface area (Å²) in [5.41, 5.74) is 9.89. The topological polar surface area (TPSA) is 74.7 Å². The van der Waals surface area contributed by atoms with E-state index in [-0.39, 0.29) is 5.56 Å². The van der Waals surface area contributed by atoms with Gasteiger partial charge in [-0.3, -0.25) is 4.79 Å². The fourth-order valence-corrected chi connectivity index (χ4v) is 2.72. The van der Waals surface area contributed by atoms with Gasteiger partial charge >= 0.3 is 0 Å². The van der Waals surface area contributed by atoms with Gasteiger partial charge in [-0.25, -0.2) is 0 Å². The molecule has 0 bridgehead atoms. The van der Waals surface area contributed by atoms with Gasteiger partial charge in [-0.2, -0.15) is 0 Å². The van der Waals surface area contributed by atoms with E-state index < -0.39 is 0 Å². The maximum Gasteiger partial charge on any atom is 0.249 e. The maximum atomic E-state index is 11.9. The largest absolute Gasteiger partial charge is 0.399 e. The molecule has 4 aromatic rings. The number of pyridine rings is 1. The van der Waals surface area contributed by atoms with Crippen LogP contribution >= 0.6 is 0 Å². The van der Waals surface area contributed by atoms with Crippen LogP contribution in [-0.4, -0.2) is 9.97 Å². The molecule has 4 nitrogen and oxygen atoms in total. The fourth-order valence-electron chi connectivity index (χ4n) is 2.72. The summed E-state index contributed by atoms with van der Waals surface area (Å²) >= 11 is 0. The van der Waals surface area contributed by atoms with E-state index in [1.807, 2.05) is 36.4 Å². The van der Waals surface area contributed by atoms with Crippen molar-refractivity contribution in [2.45, 2.75) is 0 Å². The summed E-state index contributed by atoms with van der Waals surface area (Å²) in [5, 5.41) is 2.09. The van der Waals surface area contributed by atoms with Crippen molar-refractivity contribution in [2.75, 3.05) is 5.73 Å². The number of nitrogens with one attached hydrogen (secondary N) is 2. The smallest absolute Gasteiger partial charge is 0.249 e. The highest BCUT2D eigenvalue weighted by Gasteiger charge is 2.09. The average molecular weight is 275 g/mol. The predicted octanol–water partition coefficient (Wildman–Crippen LogP) is 3.26. The molecule has 0 unspecified atom stereocenters. The van der Waals surface area contributed by atoms with Gasteiger partial charge in [0.05, 0.1) is 5.52 Å². The van der Waals surface area contributed by atoms with Gasteiger partial charge in [0.25, 0.3) is 0 Å². The molecule has 0 radical (unpaired) electrons. The summed E-state index contributed by atoms with van der Waals surface area (Å²) in [6.07, 6.45) is 0. The number of para-hydroxylation sites is 1. The first-order chi connectivity index (χ1) is 10.2. The van der Waals surface area contributed by atoms with E-state index in [1.54, 1.807) is 12.1 Å². The van der Waals surface area contributed by atoms with E-state index in [1.165, 1.54) is 0 Å². The van der Waals surface area contributed by atoms with Crippen LogP contribution < -0.4 is 11.3 Å². The van der Waals surface area contributed by atoms with Crippen LogP contribution in [-0.2, 0) is 0 Å². The zero-order chi connectivity index (χ0) is 14.4. The number of aromatic amines is 2. The second kappa shape index (κ2) is 4.24. The first-order valence-corrected chi connectivity index (χ1v) is 6.71. The lowest BCUT2D eigenvalue weighted by Gasteiger charge is -2.05. The number of aromatic nitrogens is 2. The number of benzene rings is 2. The highest BCUT2D eigenvalue weighted by molar-refractivity contribution is 5.97. The zero-order valence-electron chi connectivity index (χ0n) is 11.2. The highest BCUT2D eigenvalue weighted by Crippen LogP contribution is 2.29. The van der Waals surface area contributed by atoms with Crippen LogP contribution in [0.4, 0.5) is 5.69 Å². The van der Waals surface area contributed by atoms with Crippen LogP contribution in [0.5, 0.6) is 0 Å². The molecule has 2 heterocycles. The number of fused-ring (bicyclic) bond motifs is 2. The van der Waals surface area contributed by atoms with E-state index in [4.69, 9.17) is 5.73 Å². The maximum absolute atomic E-state index is 11.9. The molecule has 0 aliphatic rings. The molecule has 2 aromatic carbocycles. The highest BCUT2D eigenvalue weighted by atomic mass is 16.1. The Morgan fingerprint density at radius 2 is 1.71 bits per heavy atom. The van der Waals surface area contributed by atoms with Crippen LogP contribution in [0.15, 0.2) is 59.4 Å². The summed E-state index contributed by atoms with van der Waals surface area (Å²) in [6, 6.07) is 17.3. The summed E-state index contributed by atoms with van der Waals surface area (Å²) in [4.78, 5) is 18.1. The Bertz CT molecular complexity index is 994. The number of hydrogen-bond donors (Lipinski definition) is 3. The molecule has 0 aliphatic carbocycles. The summed E-state index contributed by atoms with van der Waals surface area (Å²) < 4.78 is 0. The molecule has 21 heavy (non-hydrogen) atoms. The van der Waals surface area contributed by atoms with Gasteiger partial charge in [0.1, 0.15) is 0 Å². The average Bonchev–Trinajstić information content (AvgIpc) is 2.89. The minimum Gasteiger partial charge on any atom is -0.399 e. The molecule has 0 fully saturated rings. The van der Waals surface area contributed by atoms with Gasteiger partial charge in [-0.05, 0) is 24.3 Å². The molecule has 0 spiro atoms. The molecule has 0 aliphatic heterocycles. The molecule has 4 N–H and O–H groups in total. The first-order valence-electron chi connectivity index (χ1n) is 6.71. The quantitative estimate of drug-likeness (QED) is 0.466. The van der Waals surface area contributed by atoms with Crippen molar-refractivity contribution in [1.29, 1.82) is 0 Å². The lowest BCUT2D eigenvalue weighted by atomic mass is 10.1. The number of anilines is 1. The molecule has 4 heteroatoms. The third-order valence-corrected chi connectivity index (χ3v) is 3.69. The predicted molar refractivity (Wildman–Crippen MR) is 86.3 cm³/mol. The summed E-state index contributed by atoms with van der Waals surface area (Å²) in [7, 11) is 0. The second-order valence-electron chi connectivity index (χ2n) is 5.12.